The third-order valence-corrected chi connectivity index (χ3v) is 3.72. The van der Waals surface area contributed by atoms with Crippen LogP contribution in [0.3, 0.4) is 0 Å². The van der Waals surface area contributed by atoms with Gasteiger partial charge in [-0.15, -0.1) is 0 Å². The highest BCUT2D eigenvalue weighted by atomic mass is 16.5. The number of carbonyl (C=O) groups is 2. The Morgan fingerprint density at radius 1 is 1.21 bits per heavy atom. The van der Waals surface area contributed by atoms with E-state index < -0.39 is 0 Å². The van der Waals surface area contributed by atoms with Crippen molar-refractivity contribution in [2.45, 2.75) is 13.8 Å². The maximum Gasteiger partial charge on any atom is 0.261 e. The number of fused-ring (bicyclic) bond motifs is 1. The zero-order valence-corrected chi connectivity index (χ0v) is 13.5. The van der Waals surface area contributed by atoms with Gasteiger partial charge in [-0.05, 0) is 26.0 Å². The van der Waals surface area contributed by atoms with Crippen molar-refractivity contribution >= 4 is 23.0 Å². The molecule has 7 heteroatoms. The van der Waals surface area contributed by atoms with Crippen LogP contribution in [0.5, 0.6) is 5.75 Å². The lowest BCUT2D eigenvalue weighted by atomic mass is 10.2. The van der Waals surface area contributed by atoms with Gasteiger partial charge in [0.1, 0.15) is 11.3 Å². The SMILES string of the molecule is COc1cccc(NC(=O)c2cnn3c(C)c(C(C)=O)cnc23)c1. The quantitative estimate of drug-likeness (QED) is 0.745. The second kappa shape index (κ2) is 6.11. The first kappa shape index (κ1) is 15.7. The van der Waals surface area contributed by atoms with Crippen LogP contribution in [-0.2, 0) is 0 Å². The average molecular weight is 324 g/mol. The van der Waals surface area contributed by atoms with Crippen molar-refractivity contribution in [3.05, 3.63) is 53.5 Å². The molecule has 0 aliphatic heterocycles. The number of hydrogen-bond acceptors (Lipinski definition) is 5. The van der Waals surface area contributed by atoms with E-state index in [2.05, 4.69) is 15.4 Å². The highest BCUT2D eigenvalue weighted by Crippen LogP contribution is 2.19. The number of ether oxygens (including phenoxy) is 1. The van der Waals surface area contributed by atoms with Crippen molar-refractivity contribution in [1.82, 2.24) is 14.6 Å². The average Bonchev–Trinajstić information content (AvgIpc) is 3.00. The summed E-state index contributed by atoms with van der Waals surface area (Å²) in [6, 6.07) is 7.06. The summed E-state index contributed by atoms with van der Waals surface area (Å²) in [6.07, 6.45) is 2.91. The van der Waals surface area contributed by atoms with Gasteiger partial charge in [0.05, 0.1) is 24.6 Å². The van der Waals surface area contributed by atoms with Gasteiger partial charge < -0.3 is 10.1 Å². The molecule has 3 aromatic rings. The van der Waals surface area contributed by atoms with Crippen LogP contribution in [0, 0.1) is 6.92 Å². The highest BCUT2D eigenvalue weighted by Gasteiger charge is 2.17. The molecule has 0 spiro atoms. The van der Waals surface area contributed by atoms with Crippen molar-refractivity contribution in [3.8, 4) is 5.75 Å². The summed E-state index contributed by atoms with van der Waals surface area (Å²) in [7, 11) is 1.56. The fourth-order valence-corrected chi connectivity index (χ4v) is 2.45. The Labute approximate surface area is 138 Å². The molecule has 122 valence electrons. The van der Waals surface area contributed by atoms with Crippen LogP contribution in [0.25, 0.3) is 5.65 Å². The molecule has 0 radical (unpaired) electrons. The molecular weight excluding hydrogens is 308 g/mol. The van der Waals surface area contributed by atoms with Crippen molar-refractivity contribution in [2.75, 3.05) is 12.4 Å². The predicted molar refractivity (Wildman–Crippen MR) is 88.7 cm³/mol. The van der Waals surface area contributed by atoms with Crippen LogP contribution in [0.1, 0.15) is 33.3 Å². The molecule has 1 aromatic carbocycles. The number of nitrogens with zero attached hydrogens (tertiary/aromatic N) is 3. The second-order valence-corrected chi connectivity index (χ2v) is 5.29. The fourth-order valence-electron chi connectivity index (χ4n) is 2.45. The van der Waals surface area contributed by atoms with Crippen LogP contribution < -0.4 is 10.1 Å². The summed E-state index contributed by atoms with van der Waals surface area (Å²) in [5.74, 6) is 0.216. The number of ketones is 1. The molecule has 24 heavy (non-hydrogen) atoms. The number of carbonyl (C=O) groups excluding carboxylic acids is 2. The standard InChI is InChI=1S/C17H16N4O3/c1-10-14(11(2)22)8-18-16-15(9-19-21(10)16)17(23)20-12-5-4-6-13(7-12)24-3/h4-9H,1-3H3,(H,20,23). The van der Waals surface area contributed by atoms with Gasteiger partial charge in [-0.2, -0.15) is 5.10 Å². The smallest absolute Gasteiger partial charge is 0.261 e. The Bertz CT molecular complexity index is 946. The lowest BCUT2D eigenvalue weighted by Crippen LogP contribution is -2.13. The lowest BCUT2D eigenvalue weighted by Gasteiger charge is -2.07. The first-order valence-electron chi connectivity index (χ1n) is 7.31. The third kappa shape index (κ3) is 2.71. The number of benzene rings is 1. The van der Waals surface area contributed by atoms with E-state index in [4.69, 9.17) is 4.74 Å². The lowest BCUT2D eigenvalue weighted by molar-refractivity contribution is 0.101. The van der Waals surface area contributed by atoms with Crippen LogP contribution >= 0.6 is 0 Å². The minimum atomic E-state index is -0.333. The van der Waals surface area contributed by atoms with Crippen LogP contribution in [0.4, 0.5) is 5.69 Å². The number of anilines is 1. The normalized spacial score (nSPS) is 10.6. The minimum Gasteiger partial charge on any atom is -0.497 e. The van der Waals surface area contributed by atoms with Gasteiger partial charge in [0, 0.05) is 18.0 Å². The monoisotopic (exact) mass is 324 g/mol. The largest absolute Gasteiger partial charge is 0.497 e. The van der Waals surface area contributed by atoms with Crippen LogP contribution in [0.15, 0.2) is 36.7 Å². The summed E-state index contributed by atoms with van der Waals surface area (Å²) in [5, 5.41) is 6.96. The first-order chi connectivity index (χ1) is 11.5. The van der Waals surface area contributed by atoms with Crippen molar-refractivity contribution in [1.29, 1.82) is 0 Å². The molecule has 0 saturated carbocycles. The van der Waals surface area contributed by atoms with E-state index in [-0.39, 0.29) is 11.7 Å². The molecule has 0 aliphatic rings. The number of aryl methyl sites for hydroxylation is 1. The first-order valence-corrected chi connectivity index (χ1v) is 7.31. The van der Waals surface area contributed by atoms with Crippen molar-refractivity contribution < 1.29 is 14.3 Å². The molecule has 3 rings (SSSR count). The van der Waals surface area contributed by atoms with E-state index >= 15 is 0 Å². The number of rotatable bonds is 4. The van der Waals surface area contributed by atoms with Crippen molar-refractivity contribution in [3.63, 3.8) is 0 Å². The van der Waals surface area contributed by atoms with Crippen LogP contribution in [-0.4, -0.2) is 33.4 Å². The number of Topliss-reactive ketones (excluding diaryl/α,β-unsaturated/α-hetero) is 1. The summed E-state index contributed by atoms with van der Waals surface area (Å²) in [6.45, 7) is 3.23. The molecule has 2 aromatic heterocycles. The van der Waals surface area contributed by atoms with Gasteiger partial charge in [0.2, 0.25) is 0 Å². The molecule has 0 saturated heterocycles. The number of methoxy groups -OCH3 is 1. The Balaban J connectivity index is 1.96. The Hall–Kier alpha value is -3.22. The summed E-state index contributed by atoms with van der Waals surface area (Å²) < 4.78 is 6.63. The van der Waals surface area contributed by atoms with E-state index in [9.17, 15) is 9.59 Å². The number of nitrogens with one attached hydrogen (secondary N) is 1. The maximum atomic E-state index is 12.5. The third-order valence-electron chi connectivity index (χ3n) is 3.72. The molecule has 7 nitrogen and oxygen atoms in total. The number of amides is 1. The minimum absolute atomic E-state index is 0.0974. The molecule has 1 N–H and O–H groups in total. The predicted octanol–water partition coefficient (Wildman–Crippen LogP) is 2.50. The van der Waals surface area contributed by atoms with E-state index in [0.717, 1.165) is 0 Å². The fraction of sp³-hybridized carbons (Fsp3) is 0.176. The molecule has 0 bridgehead atoms. The molecule has 0 atom stereocenters. The van der Waals surface area contributed by atoms with Gasteiger partial charge in [-0.25, -0.2) is 9.50 Å². The molecule has 0 aliphatic carbocycles. The van der Waals surface area contributed by atoms with E-state index in [0.29, 0.717) is 33.9 Å². The molecular formula is C17H16N4O3. The second-order valence-electron chi connectivity index (χ2n) is 5.29. The van der Waals surface area contributed by atoms with Crippen molar-refractivity contribution in [2.24, 2.45) is 0 Å². The highest BCUT2D eigenvalue weighted by molar-refractivity contribution is 6.08. The zero-order chi connectivity index (χ0) is 17.3. The topological polar surface area (TPSA) is 85.6 Å². The summed E-state index contributed by atoms with van der Waals surface area (Å²) >= 11 is 0. The Morgan fingerprint density at radius 3 is 2.71 bits per heavy atom. The molecule has 0 unspecified atom stereocenters. The molecule has 0 fully saturated rings. The van der Waals surface area contributed by atoms with Gasteiger partial charge in [0.15, 0.2) is 11.4 Å². The zero-order valence-electron chi connectivity index (χ0n) is 13.5. The van der Waals surface area contributed by atoms with Gasteiger partial charge in [-0.3, -0.25) is 9.59 Å². The molecule has 1 amide bonds. The van der Waals surface area contributed by atoms with Gasteiger partial charge in [-0.1, -0.05) is 6.07 Å². The Morgan fingerprint density at radius 2 is 2.00 bits per heavy atom. The number of hydrogen-bond donors (Lipinski definition) is 1. The van der Waals surface area contributed by atoms with Gasteiger partial charge in [0.25, 0.3) is 5.91 Å². The maximum absolute atomic E-state index is 12.5. The van der Waals surface area contributed by atoms with E-state index in [1.807, 2.05) is 0 Å². The number of aromatic nitrogens is 3. The Kier molecular flexibility index (Phi) is 3.99. The summed E-state index contributed by atoms with van der Waals surface area (Å²) in [4.78, 5) is 28.3. The summed E-state index contributed by atoms with van der Waals surface area (Å²) in [5.41, 5.74) is 2.46. The van der Waals surface area contributed by atoms with E-state index in [1.165, 1.54) is 23.8 Å². The molecule has 2 heterocycles. The van der Waals surface area contributed by atoms with E-state index in [1.54, 1.807) is 38.3 Å². The van der Waals surface area contributed by atoms with Gasteiger partial charge >= 0.3 is 0 Å². The van der Waals surface area contributed by atoms with Crippen LogP contribution in [0.2, 0.25) is 0 Å².